The molecule has 6 nitrogen and oxygen atoms in total. The first kappa shape index (κ1) is 21.1. The number of nitrogens with zero attached hydrogens (tertiary/aromatic N) is 1. The van der Waals surface area contributed by atoms with Crippen molar-refractivity contribution in [3.63, 3.8) is 0 Å². The molecule has 35 heavy (non-hydrogen) atoms. The van der Waals surface area contributed by atoms with Gasteiger partial charge in [-0.1, -0.05) is 78.9 Å². The molecular weight excluding hydrogens is 440 g/mol. The smallest absolute Gasteiger partial charge is 0.231 e. The molecule has 0 bridgehead atoms. The quantitative estimate of drug-likeness (QED) is 0.417. The molecule has 174 valence electrons. The lowest BCUT2D eigenvalue weighted by atomic mass is 9.76. The number of para-hydroxylation sites is 1. The lowest BCUT2D eigenvalue weighted by Crippen LogP contribution is -2.36. The van der Waals surface area contributed by atoms with Crippen molar-refractivity contribution in [2.24, 2.45) is 4.99 Å². The zero-order valence-electron chi connectivity index (χ0n) is 19.4. The van der Waals surface area contributed by atoms with Gasteiger partial charge in [-0.2, -0.15) is 0 Å². The average molecular weight is 465 g/mol. The summed E-state index contributed by atoms with van der Waals surface area (Å²) in [5.74, 6) is 2.78. The van der Waals surface area contributed by atoms with Crippen LogP contribution in [0.15, 0.2) is 96.0 Å². The Morgan fingerprint density at radius 3 is 2.06 bits per heavy atom. The molecular formula is C29H24N2O4. The van der Waals surface area contributed by atoms with Crippen LogP contribution in [0.5, 0.6) is 23.0 Å². The van der Waals surface area contributed by atoms with Crippen LogP contribution in [0.2, 0.25) is 0 Å². The SMILES string of the molecule is COc1cc(C2=NC(c3ccccc3)(c3ccccc3)c3ccccc3N2)c(OC)c2c1OCO2. The highest BCUT2D eigenvalue weighted by Crippen LogP contribution is 2.52. The van der Waals surface area contributed by atoms with E-state index >= 15 is 0 Å². The lowest BCUT2D eigenvalue weighted by Gasteiger charge is -2.38. The molecule has 2 aliphatic rings. The summed E-state index contributed by atoms with van der Waals surface area (Å²) in [7, 11) is 3.23. The van der Waals surface area contributed by atoms with E-state index in [1.165, 1.54) is 0 Å². The van der Waals surface area contributed by atoms with Gasteiger partial charge in [0.15, 0.2) is 11.5 Å². The Kier molecular flexibility index (Phi) is 5.07. The zero-order valence-corrected chi connectivity index (χ0v) is 19.4. The van der Waals surface area contributed by atoms with E-state index in [-0.39, 0.29) is 6.79 Å². The van der Waals surface area contributed by atoms with Crippen LogP contribution >= 0.6 is 0 Å². The molecule has 0 saturated heterocycles. The molecule has 1 N–H and O–H groups in total. The maximum Gasteiger partial charge on any atom is 0.231 e. The Bertz CT molecular complexity index is 1380. The highest BCUT2D eigenvalue weighted by Gasteiger charge is 2.42. The summed E-state index contributed by atoms with van der Waals surface area (Å²) >= 11 is 0. The topological polar surface area (TPSA) is 61.3 Å². The van der Waals surface area contributed by atoms with Crippen LogP contribution in [-0.4, -0.2) is 26.8 Å². The molecule has 4 aromatic carbocycles. The van der Waals surface area contributed by atoms with Gasteiger partial charge in [0.1, 0.15) is 11.4 Å². The summed E-state index contributed by atoms with van der Waals surface area (Å²) < 4.78 is 22.9. The molecule has 0 spiro atoms. The summed E-state index contributed by atoms with van der Waals surface area (Å²) in [4.78, 5) is 5.45. The van der Waals surface area contributed by atoms with E-state index in [9.17, 15) is 0 Å². The highest BCUT2D eigenvalue weighted by molar-refractivity contribution is 6.13. The predicted octanol–water partition coefficient (Wildman–Crippen LogP) is 5.60. The van der Waals surface area contributed by atoms with Gasteiger partial charge in [0, 0.05) is 11.3 Å². The van der Waals surface area contributed by atoms with Crippen molar-refractivity contribution in [3.05, 3.63) is 113 Å². The van der Waals surface area contributed by atoms with Crippen molar-refractivity contribution in [1.29, 1.82) is 0 Å². The molecule has 0 atom stereocenters. The largest absolute Gasteiger partial charge is 0.493 e. The van der Waals surface area contributed by atoms with Gasteiger partial charge in [-0.05, 0) is 23.3 Å². The van der Waals surface area contributed by atoms with E-state index in [2.05, 4.69) is 41.7 Å². The van der Waals surface area contributed by atoms with Crippen molar-refractivity contribution in [1.82, 2.24) is 0 Å². The standard InChI is InChI=1S/C29H24N2O4/c1-32-24-17-21(25(33-2)27-26(24)34-18-35-27)28-30-23-16-10-9-15-22(23)29(31-28,19-11-5-3-6-12-19)20-13-7-4-8-14-20/h3-17H,18H2,1-2H3,(H,30,31). The van der Waals surface area contributed by atoms with Crippen molar-refractivity contribution in [2.75, 3.05) is 26.3 Å². The molecule has 0 amide bonds. The van der Waals surface area contributed by atoms with E-state index in [1.807, 2.05) is 54.6 Å². The lowest BCUT2D eigenvalue weighted by molar-refractivity contribution is 0.168. The van der Waals surface area contributed by atoms with Crippen LogP contribution in [0.3, 0.4) is 0 Å². The van der Waals surface area contributed by atoms with Crippen LogP contribution in [0.25, 0.3) is 0 Å². The minimum atomic E-state index is -0.783. The van der Waals surface area contributed by atoms with Gasteiger partial charge in [-0.25, -0.2) is 4.99 Å². The number of fused-ring (bicyclic) bond motifs is 2. The fourth-order valence-electron chi connectivity index (χ4n) is 4.93. The maximum atomic E-state index is 5.83. The fraction of sp³-hybridized carbons (Fsp3) is 0.138. The number of aliphatic imine (C=N–C) groups is 1. The van der Waals surface area contributed by atoms with Gasteiger partial charge >= 0.3 is 0 Å². The number of rotatable bonds is 5. The number of ether oxygens (including phenoxy) is 4. The first-order valence-corrected chi connectivity index (χ1v) is 11.4. The molecule has 0 aliphatic carbocycles. The van der Waals surface area contributed by atoms with E-state index in [1.54, 1.807) is 14.2 Å². The van der Waals surface area contributed by atoms with Gasteiger partial charge < -0.3 is 24.3 Å². The molecule has 0 fully saturated rings. The number of amidine groups is 1. The Labute approximate surface area is 203 Å². The zero-order chi connectivity index (χ0) is 23.8. The van der Waals surface area contributed by atoms with Crippen LogP contribution in [-0.2, 0) is 5.54 Å². The predicted molar refractivity (Wildman–Crippen MR) is 135 cm³/mol. The third-order valence-corrected chi connectivity index (χ3v) is 6.47. The van der Waals surface area contributed by atoms with Crippen molar-refractivity contribution < 1.29 is 18.9 Å². The summed E-state index contributed by atoms with van der Waals surface area (Å²) in [5, 5.41) is 3.54. The normalized spacial score (nSPS) is 15.0. The van der Waals surface area contributed by atoms with E-state index in [0.29, 0.717) is 28.8 Å². The number of hydrogen-bond donors (Lipinski definition) is 1. The number of hydrogen-bond acceptors (Lipinski definition) is 6. The van der Waals surface area contributed by atoms with E-state index < -0.39 is 5.54 Å². The minimum Gasteiger partial charge on any atom is -0.493 e. The second kappa shape index (κ2) is 8.40. The number of benzene rings is 4. The number of anilines is 1. The molecule has 0 unspecified atom stereocenters. The molecule has 0 aromatic heterocycles. The summed E-state index contributed by atoms with van der Waals surface area (Å²) in [5.41, 5.74) is 4.08. The first-order chi connectivity index (χ1) is 17.3. The monoisotopic (exact) mass is 464 g/mol. The molecule has 2 heterocycles. The number of nitrogens with one attached hydrogen (secondary N) is 1. The molecule has 4 aromatic rings. The van der Waals surface area contributed by atoms with E-state index in [0.717, 1.165) is 27.9 Å². The Balaban J connectivity index is 1.69. The highest BCUT2D eigenvalue weighted by atomic mass is 16.7. The van der Waals surface area contributed by atoms with Crippen molar-refractivity contribution in [2.45, 2.75) is 5.54 Å². The maximum absolute atomic E-state index is 5.83. The third kappa shape index (κ3) is 3.21. The first-order valence-electron chi connectivity index (χ1n) is 11.4. The van der Waals surface area contributed by atoms with Gasteiger partial charge in [-0.15, -0.1) is 0 Å². The Morgan fingerprint density at radius 1 is 0.771 bits per heavy atom. The molecule has 0 radical (unpaired) electrons. The van der Waals surface area contributed by atoms with Gasteiger partial charge in [0.25, 0.3) is 0 Å². The second-order valence-corrected chi connectivity index (χ2v) is 8.30. The Morgan fingerprint density at radius 2 is 1.40 bits per heavy atom. The Hall–Kier alpha value is -4.45. The van der Waals surface area contributed by atoms with Gasteiger partial charge in [-0.3, -0.25) is 0 Å². The average Bonchev–Trinajstić information content (AvgIpc) is 3.42. The summed E-state index contributed by atoms with van der Waals surface area (Å²) in [6.07, 6.45) is 0. The van der Waals surface area contributed by atoms with Crippen LogP contribution in [0.4, 0.5) is 5.69 Å². The fourth-order valence-corrected chi connectivity index (χ4v) is 4.93. The van der Waals surface area contributed by atoms with Crippen molar-refractivity contribution in [3.8, 4) is 23.0 Å². The van der Waals surface area contributed by atoms with Crippen LogP contribution in [0.1, 0.15) is 22.3 Å². The second-order valence-electron chi connectivity index (χ2n) is 8.30. The number of methoxy groups -OCH3 is 2. The van der Waals surface area contributed by atoms with Crippen LogP contribution < -0.4 is 24.3 Å². The summed E-state index contributed by atoms with van der Waals surface area (Å²) in [6.45, 7) is 0.103. The van der Waals surface area contributed by atoms with Crippen LogP contribution in [0, 0.1) is 0 Å². The van der Waals surface area contributed by atoms with Gasteiger partial charge in [0.2, 0.25) is 18.3 Å². The molecule has 6 rings (SSSR count). The molecule has 0 saturated carbocycles. The third-order valence-electron chi connectivity index (χ3n) is 6.47. The minimum absolute atomic E-state index is 0.103. The van der Waals surface area contributed by atoms with Gasteiger partial charge in [0.05, 0.1) is 19.8 Å². The summed E-state index contributed by atoms with van der Waals surface area (Å²) in [6, 6.07) is 30.8. The molecule has 2 aliphatic heterocycles. The molecule has 6 heteroatoms. The van der Waals surface area contributed by atoms with Crippen molar-refractivity contribution >= 4 is 11.5 Å². The van der Waals surface area contributed by atoms with E-state index in [4.69, 9.17) is 23.9 Å².